The van der Waals surface area contributed by atoms with Gasteiger partial charge in [0, 0.05) is 18.3 Å². The zero-order valence-electron chi connectivity index (χ0n) is 13.2. The first-order valence-corrected chi connectivity index (χ1v) is 8.83. The van der Waals surface area contributed by atoms with Gasteiger partial charge in [0.2, 0.25) is 0 Å². The molecule has 3 rings (SSSR count). The van der Waals surface area contributed by atoms with Gasteiger partial charge < -0.3 is 0 Å². The van der Waals surface area contributed by atoms with E-state index in [1.165, 1.54) is 6.07 Å². The van der Waals surface area contributed by atoms with Gasteiger partial charge in [0.1, 0.15) is 10.7 Å². The Labute approximate surface area is 135 Å². The predicted molar refractivity (Wildman–Crippen MR) is 89.1 cm³/mol. The van der Waals surface area contributed by atoms with Crippen LogP contribution in [0, 0.1) is 13.8 Å². The number of sulfonamides is 1. The van der Waals surface area contributed by atoms with Gasteiger partial charge in [-0.25, -0.2) is 8.42 Å². The minimum atomic E-state index is -3.74. The zero-order valence-corrected chi connectivity index (χ0v) is 14.1. The van der Waals surface area contributed by atoms with Crippen LogP contribution >= 0.6 is 0 Å². The van der Waals surface area contributed by atoms with Crippen LogP contribution in [-0.4, -0.2) is 23.0 Å². The molecule has 0 aliphatic rings. The molecule has 0 unspecified atom stereocenters. The highest BCUT2D eigenvalue weighted by Crippen LogP contribution is 2.21. The highest BCUT2D eigenvalue weighted by molar-refractivity contribution is 7.93. The molecule has 1 N–H and O–H groups in total. The quantitative estimate of drug-likeness (QED) is 0.798. The molecule has 0 atom stereocenters. The second-order valence-electron chi connectivity index (χ2n) is 5.52. The molecular formula is C16H18N4O2S. The fourth-order valence-corrected chi connectivity index (χ4v) is 3.81. The molecule has 2 heterocycles. The van der Waals surface area contributed by atoms with Crippen LogP contribution in [0.1, 0.15) is 23.9 Å². The van der Waals surface area contributed by atoms with Gasteiger partial charge in [0.05, 0.1) is 0 Å². The minimum Gasteiger partial charge on any atom is -0.285 e. The van der Waals surface area contributed by atoms with Gasteiger partial charge in [0.25, 0.3) is 10.0 Å². The number of hydrogen-bond donors (Lipinski definition) is 1. The average molecular weight is 330 g/mol. The summed E-state index contributed by atoms with van der Waals surface area (Å²) in [4.78, 5) is 0.117. The van der Waals surface area contributed by atoms with Gasteiger partial charge in [-0.3, -0.25) is 9.12 Å². The number of aryl methyl sites for hydroxylation is 3. The molecule has 0 aliphatic heterocycles. The first-order chi connectivity index (χ1) is 10.9. The van der Waals surface area contributed by atoms with Crippen LogP contribution in [0.25, 0.3) is 5.65 Å². The van der Waals surface area contributed by atoms with Crippen molar-refractivity contribution in [1.29, 1.82) is 0 Å². The molecule has 0 saturated carbocycles. The molecule has 7 heteroatoms. The van der Waals surface area contributed by atoms with Crippen LogP contribution in [0.2, 0.25) is 0 Å². The van der Waals surface area contributed by atoms with Gasteiger partial charge >= 0.3 is 0 Å². The van der Waals surface area contributed by atoms with E-state index in [9.17, 15) is 8.42 Å². The van der Waals surface area contributed by atoms with E-state index in [1.807, 2.05) is 26.8 Å². The van der Waals surface area contributed by atoms with E-state index in [2.05, 4.69) is 14.9 Å². The molecule has 6 nitrogen and oxygen atoms in total. The monoisotopic (exact) mass is 330 g/mol. The van der Waals surface area contributed by atoms with Crippen LogP contribution < -0.4 is 4.72 Å². The summed E-state index contributed by atoms with van der Waals surface area (Å²) in [6, 6.07) is 8.81. The second-order valence-corrected chi connectivity index (χ2v) is 7.17. The molecule has 2 aromatic heterocycles. The summed E-state index contributed by atoms with van der Waals surface area (Å²) in [7, 11) is -3.74. The average Bonchev–Trinajstić information content (AvgIpc) is 2.88. The van der Waals surface area contributed by atoms with Gasteiger partial charge in [0.15, 0.2) is 5.65 Å². The Morgan fingerprint density at radius 3 is 2.48 bits per heavy atom. The Bertz CT molecular complexity index is 957. The minimum absolute atomic E-state index is 0.117. The lowest BCUT2D eigenvalue weighted by Gasteiger charge is -2.10. The van der Waals surface area contributed by atoms with Crippen LogP contribution in [-0.2, 0) is 16.4 Å². The normalized spacial score (nSPS) is 11.8. The van der Waals surface area contributed by atoms with Crippen LogP contribution in [0.15, 0.2) is 41.4 Å². The molecule has 1 aromatic carbocycles. The Hall–Kier alpha value is -2.41. The van der Waals surface area contributed by atoms with Gasteiger partial charge in [-0.2, -0.15) is 0 Å². The molecule has 0 amide bonds. The lowest BCUT2D eigenvalue weighted by atomic mass is 10.1. The summed E-state index contributed by atoms with van der Waals surface area (Å²) < 4.78 is 29.8. The summed E-state index contributed by atoms with van der Waals surface area (Å²) in [5, 5.41) is 8.07. The summed E-state index contributed by atoms with van der Waals surface area (Å²) >= 11 is 0. The van der Waals surface area contributed by atoms with Crippen molar-refractivity contribution in [2.45, 2.75) is 32.1 Å². The van der Waals surface area contributed by atoms with Gasteiger partial charge in [-0.1, -0.05) is 13.0 Å². The smallest absolute Gasteiger partial charge is 0.265 e. The fourth-order valence-electron chi connectivity index (χ4n) is 2.63. The third-order valence-electron chi connectivity index (χ3n) is 3.55. The summed E-state index contributed by atoms with van der Waals surface area (Å²) in [5.41, 5.74) is 2.87. The van der Waals surface area contributed by atoms with Gasteiger partial charge in [-0.15, -0.1) is 10.2 Å². The number of hydrogen-bond acceptors (Lipinski definition) is 4. The number of pyridine rings is 1. The Kier molecular flexibility index (Phi) is 3.81. The SMILES string of the molecule is CCc1nnc2c(S(=O)(=O)Nc3cc(C)cc(C)c3)cccn12. The summed E-state index contributed by atoms with van der Waals surface area (Å²) in [6.45, 7) is 5.81. The van der Waals surface area contributed by atoms with Crippen molar-refractivity contribution >= 4 is 21.4 Å². The van der Waals surface area contributed by atoms with E-state index in [0.717, 1.165) is 17.0 Å². The highest BCUT2D eigenvalue weighted by Gasteiger charge is 2.20. The van der Waals surface area contributed by atoms with Crippen molar-refractivity contribution in [3.63, 3.8) is 0 Å². The Morgan fingerprint density at radius 1 is 1.13 bits per heavy atom. The Morgan fingerprint density at radius 2 is 1.83 bits per heavy atom. The van der Waals surface area contributed by atoms with Crippen molar-refractivity contribution in [3.8, 4) is 0 Å². The number of nitrogens with one attached hydrogen (secondary N) is 1. The molecule has 0 fully saturated rings. The lowest BCUT2D eigenvalue weighted by Crippen LogP contribution is -2.14. The molecule has 120 valence electrons. The van der Waals surface area contributed by atoms with Crippen molar-refractivity contribution in [2.24, 2.45) is 0 Å². The van der Waals surface area contributed by atoms with Crippen LogP contribution in [0.5, 0.6) is 0 Å². The van der Waals surface area contributed by atoms with Crippen molar-refractivity contribution in [2.75, 3.05) is 4.72 Å². The van der Waals surface area contributed by atoms with E-state index in [-0.39, 0.29) is 4.90 Å². The number of benzene rings is 1. The molecule has 0 bridgehead atoms. The zero-order chi connectivity index (χ0) is 16.6. The molecule has 0 spiro atoms. The maximum atomic E-state index is 12.7. The van der Waals surface area contributed by atoms with E-state index >= 15 is 0 Å². The van der Waals surface area contributed by atoms with E-state index < -0.39 is 10.0 Å². The molecular weight excluding hydrogens is 312 g/mol. The molecule has 0 radical (unpaired) electrons. The lowest BCUT2D eigenvalue weighted by molar-refractivity contribution is 0.601. The molecule has 0 saturated heterocycles. The number of aromatic nitrogens is 3. The van der Waals surface area contributed by atoms with E-state index in [0.29, 0.717) is 17.8 Å². The fraction of sp³-hybridized carbons (Fsp3) is 0.250. The predicted octanol–water partition coefficient (Wildman–Crippen LogP) is 2.71. The topological polar surface area (TPSA) is 76.4 Å². The first kappa shape index (κ1) is 15.5. The Balaban J connectivity index is 2.08. The van der Waals surface area contributed by atoms with Crippen LogP contribution in [0.3, 0.4) is 0 Å². The third-order valence-corrected chi connectivity index (χ3v) is 4.95. The number of fused-ring (bicyclic) bond motifs is 1. The highest BCUT2D eigenvalue weighted by atomic mass is 32.2. The first-order valence-electron chi connectivity index (χ1n) is 7.34. The standard InChI is InChI=1S/C16H18N4O2S/c1-4-15-17-18-16-14(6-5-7-20(15)16)23(21,22)19-13-9-11(2)8-12(3)10-13/h5-10,19H,4H2,1-3H3. The van der Waals surface area contributed by atoms with Gasteiger partial charge in [-0.05, 0) is 49.2 Å². The van der Waals surface area contributed by atoms with Crippen molar-refractivity contribution in [1.82, 2.24) is 14.6 Å². The largest absolute Gasteiger partial charge is 0.285 e. The molecule has 3 aromatic rings. The molecule has 0 aliphatic carbocycles. The second kappa shape index (κ2) is 5.66. The number of anilines is 1. The summed E-state index contributed by atoms with van der Waals surface area (Å²) in [6.07, 6.45) is 2.44. The molecule has 23 heavy (non-hydrogen) atoms. The van der Waals surface area contributed by atoms with Crippen LogP contribution in [0.4, 0.5) is 5.69 Å². The van der Waals surface area contributed by atoms with Crippen molar-refractivity contribution in [3.05, 3.63) is 53.5 Å². The maximum absolute atomic E-state index is 12.7. The number of rotatable bonds is 4. The third kappa shape index (κ3) is 2.92. The maximum Gasteiger partial charge on any atom is 0.265 e. The summed E-state index contributed by atoms with van der Waals surface area (Å²) in [5.74, 6) is 0.725. The number of nitrogens with zero attached hydrogens (tertiary/aromatic N) is 3. The van der Waals surface area contributed by atoms with E-state index in [4.69, 9.17) is 0 Å². The van der Waals surface area contributed by atoms with E-state index in [1.54, 1.807) is 28.8 Å². The van der Waals surface area contributed by atoms with Crippen molar-refractivity contribution < 1.29 is 8.42 Å².